The summed E-state index contributed by atoms with van der Waals surface area (Å²) in [5.41, 5.74) is 0.118. The van der Waals surface area contributed by atoms with E-state index in [9.17, 15) is 22.4 Å². The fourth-order valence-electron chi connectivity index (χ4n) is 1.48. The van der Waals surface area contributed by atoms with E-state index in [1.54, 1.807) is 0 Å². The Kier molecular flexibility index (Phi) is 5.65. The van der Waals surface area contributed by atoms with Gasteiger partial charge in [0.15, 0.2) is 9.84 Å². The number of carbonyl (C=O) groups excluding carboxylic acids is 1. The van der Waals surface area contributed by atoms with E-state index in [-0.39, 0.29) is 25.1 Å². The van der Waals surface area contributed by atoms with Crippen molar-refractivity contribution in [1.82, 2.24) is 5.32 Å². The summed E-state index contributed by atoms with van der Waals surface area (Å²) in [5, 5.41) is 13.2. The normalized spacial score (nSPS) is 11.0. The Morgan fingerprint density at radius 3 is 2.57 bits per heavy atom. The van der Waals surface area contributed by atoms with Crippen molar-refractivity contribution >= 4 is 27.5 Å². The van der Waals surface area contributed by atoms with E-state index in [1.807, 2.05) is 0 Å². The number of halogens is 1. The fraction of sp³-hybridized carbons (Fsp3) is 0.333. The van der Waals surface area contributed by atoms with Gasteiger partial charge < -0.3 is 15.7 Å². The lowest BCUT2D eigenvalue weighted by Gasteiger charge is -2.08. The fourth-order valence-corrected chi connectivity index (χ4v) is 2.25. The molecule has 0 aliphatic carbocycles. The maximum atomic E-state index is 13.4. The highest BCUT2D eigenvalue weighted by molar-refractivity contribution is 7.90. The molecular weight excluding hydrogens is 303 g/mol. The second kappa shape index (κ2) is 7.02. The number of carboxylic acids is 1. The number of rotatable bonds is 6. The third kappa shape index (κ3) is 5.78. The average Bonchev–Trinajstić information content (AvgIpc) is 2.35. The van der Waals surface area contributed by atoms with Crippen molar-refractivity contribution < 1.29 is 27.5 Å². The van der Waals surface area contributed by atoms with Gasteiger partial charge >= 0.3 is 12.0 Å². The van der Waals surface area contributed by atoms with Crippen molar-refractivity contribution in [1.29, 1.82) is 0 Å². The smallest absolute Gasteiger partial charge is 0.319 e. The number of aliphatic carboxylic acids is 1. The molecule has 1 rings (SSSR count). The zero-order valence-corrected chi connectivity index (χ0v) is 12.0. The standard InChI is InChI=1S/C12H15FN2O5S/c1-21(19,20)10-7-8(4-5-9(10)13)15-12(18)14-6-2-3-11(16)17/h4-5,7H,2-3,6H2,1H3,(H,16,17)(H2,14,15,18). The average molecular weight is 318 g/mol. The van der Waals surface area contributed by atoms with Crippen LogP contribution in [-0.4, -0.2) is 38.3 Å². The Hall–Kier alpha value is -2.16. The molecule has 0 spiro atoms. The van der Waals surface area contributed by atoms with Crippen LogP contribution < -0.4 is 10.6 Å². The Balaban J connectivity index is 2.63. The van der Waals surface area contributed by atoms with Gasteiger partial charge in [0.1, 0.15) is 10.7 Å². The maximum Gasteiger partial charge on any atom is 0.319 e. The number of nitrogens with one attached hydrogen (secondary N) is 2. The predicted molar refractivity (Wildman–Crippen MR) is 73.4 cm³/mol. The van der Waals surface area contributed by atoms with Crippen LogP contribution in [0.3, 0.4) is 0 Å². The summed E-state index contributed by atoms with van der Waals surface area (Å²) in [6, 6.07) is 2.55. The Morgan fingerprint density at radius 2 is 2.00 bits per heavy atom. The number of hydrogen-bond donors (Lipinski definition) is 3. The van der Waals surface area contributed by atoms with Crippen molar-refractivity contribution in [3.63, 3.8) is 0 Å². The number of anilines is 1. The zero-order valence-electron chi connectivity index (χ0n) is 11.2. The molecule has 1 aromatic carbocycles. The summed E-state index contributed by atoms with van der Waals surface area (Å²) in [5.74, 6) is -1.86. The molecule has 0 atom stereocenters. The van der Waals surface area contributed by atoms with Gasteiger partial charge in [-0.3, -0.25) is 4.79 Å². The van der Waals surface area contributed by atoms with E-state index < -0.39 is 32.6 Å². The monoisotopic (exact) mass is 318 g/mol. The molecule has 9 heteroatoms. The topological polar surface area (TPSA) is 113 Å². The molecule has 0 fully saturated rings. The number of urea groups is 1. The highest BCUT2D eigenvalue weighted by Crippen LogP contribution is 2.19. The molecule has 0 unspecified atom stereocenters. The second-order valence-corrected chi connectivity index (χ2v) is 6.28. The van der Waals surface area contributed by atoms with Crippen molar-refractivity contribution in [2.24, 2.45) is 0 Å². The van der Waals surface area contributed by atoms with Gasteiger partial charge in [-0.05, 0) is 24.6 Å². The molecule has 0 saturated carbocycles. The third-order valence-corrected chi connectivity index (χ3v) is 3.55. The molecule has 2 amide bonds. The molecule has 116 valence electrons. The molecular formula is C12H15FN2O5S. The number of carbonyl (C=O) groups is 2. The molecule has 0 saturated heterocycles. The van der Waals surface area contributed by atoms with E-state index in [1.165, 1.54) is 6.07 Å². The first-order chi connectivity index (χ1) is 9.70. The molecule has 0 radical (unpaired) electrons. The van der Waals surface area contributed by atoms with Gasteiger partial charge in [0.25, 0.3) is 0 Å². The van der Waals surface area contributed by atoms with Gasteiger partial charge in [-0.1, -0.05) is 0 Å². The molecule has 1 aromatic rings. The highest BCUT2D eigenvalue weighted by atomic mass is 32.2. The van der Waals surface area contributed by atoms with Crippen LogP contribution in [0.25, 0.3) is 0 Å². The predicted octanol–water partition coefficient (Wildman–Crippen LogP) is 1.22. The van der Waals surface area contributed by atoms with Gasteiger partial charge in [-0.25, -0.2) is 17.6 Å². The Bertz CT molecular complexity index is 645. The van der Waals surface area contributed by atoms with Gasteiger partial charge in [-0.2, -0.15) is 0 Å². The Morgan fingerprint density at radius 1 is 1.33 bits per heavy atom. The van der Waals surface area contributed by atoms with E-state index >= 15 is 0 Å². The SMILES string of the molecule is CS(=O)(=O)c1cc(NC(=O)NCCCC(=O)O)ccc1F. The summed E-state index contributed by atoms with van der Waals surface area (Å²) < 4.78 is 36.0. The minimum atomic E-state index is -3.73. The largest absolute Gasteiger partial charge is 0.481 e. The lowest BCUT2D eigenvalue weighted by atomic mass is 10.3. The molecule has 0 bridgehead atoms. The summed E-state index contributed by atoms with van der Waals surface area (Å²) in [6.07, 6.45) is 1.05. The molecule has 21 heavy (non-hydrogen) atoms. The quantitative estimate of drug-likeness (QED) is 0.683. The number of benzene rings is 1. The Labute approximate surface area is 121 Å². The van der Waals surface area contributed by atoms with E-state index in [2.05, 4.69) is 10.6 Å². The van der Waals surface area contributed by atoms with Crippen LogP contribution in [0.5, 0.6) is 0 Å². The van der Waals surface area contributed by atoms with Crippen LogP contribution >= 0.6 is 0 Å². The second-order valence-electron chi connectivity index (χ2n) is 4.30. The van der Waals surface area contributed by atoms with Crippen molar-refractivity contribution in [2.75, 3.05) is 18.1 Å². The number of hydrogen-bond acceptors (Lipinski definition) is 4. The molecule has 0 heterocycles. The van der Waals surface area contributed by atoms with Gasteiger partial charge in [0.05, 0.1) is 0 Å². The molecule has 0 aliphatic rings. The van der Waals surface area contributed by atoms with Crippen molar-refractivity contribution in [3.05, 3.63) is 24.0 Å². The molecule has 0 aromatic heterocycles. The van der Waals surface area contributed by atoms with E-state index in [0.717, 1.165) is 18.4 Å². The lowest BCUT2D eigenvalue weighted by molar-refractivity contribution is -0.137. The van der Waals surface area contributed by atoms with Gasteiger partial charge in [-0.15, -0.1) is 0 Å². The molecule has 0 aliphatic heterocycles. The molecule has 3 N–H and O–H groups in total. The highest BCUT2D eigenvalue weighted by Gasteiger charge is 2.15. The lowest BCUT2D eigenvalue weighted by Crippen LogP contribution is -2.29. The van der Waals surface area contributed by atoms with Crippen molar-refractivity contribution in [2.45, 2.75) is 17.7 Å². The summed E-state index contributed by atoms with van der Waals surface area (Å²) in [4.78, 5) is 21.3. The van der Waals surface area contributed by atoms with Gasteiger partial charge in [0.2, 0.25) is 0 Å². The zero-order chi connectivity index (χ0) is 16.0. The first kappa shape index (κ1) is 16.9. The van der Waals surface area contributed by atoms with E-state index in [4.69, 9.17) is 5.11 Å². The van der Waals surface area contributed by atoms with Crippen molar-refractivity contribution in [3.8, 4) is 0 Å². The number of carboxylic acid groups (broad SMARTS) is 1. The van der Waals surface area contributed by atoms with Crippen LogP contribution in [-0.2, 0) is 14.6 Å². The summed E-state index contributed by atoms with van der Waals surface area (Å²) in [7, 11) is -3.73. The first-order valence-corrected chi connectivity index (χ1v) is 7.85. The van der Waals surface area contributed by atoms with Crippen LogP contribution in [0.2, 0.25) is 0 Å². The van der Waals surface area contributed by atoms with Gasteiger partial charge in [0, 0.05) is 24.9 Å². The maximum absolute atomic E-state index is 13.4. The van der Waals surface area contributed by atoms with Crippen LogP contribution in [0.4, 0.5) is 14.9 Å². The minimum absolute atomic E-state index is 0.0744. The van der Waals surface area contributed by atoms with Crippen LogP contribution in [0.1, 0.15) is 12.8 Å². The number of amides is 2. The third-order valence-electron chi connectivity index (χ3n) is 2.44. The first-order valence-electron chi connectivity index (χ1n) is 5.96. The minimum Gasteiger partial charge on any atom is -0.481 e. The van der Waals surface area contributed by atoms with E-state index in [0.29, 0.717) is 0 Å². The summed E-state index contributed by atoms with van der Waals surface area (Å²) in [6.45, 7) is 0.151. The number of sulfone groups is 1. The van der Waals surface area contributed by atoms with Crippen LogP contribution in [0.15, 0.2) is 23.1 Å². The molecule has 7 nitrogen and oxygen atoms in total. The van der Waals surface area contributed by atoms with Crippen LogP contribution in [0, 0.1) is 5.82 Å². The summed E-state index contributed by atoms with van der Waals surface area (Å²) >= 11 is 0.